The zero-order valence-electron chi connectivity index (χ0n) is 14.3. The van der Waals surface area contributed by atoms with Crippen LogP contribution in [0.3, 0.4) is 0 Å². The Bertz CT molecular complexity index is 897. The maximum atomic E-state index is 11.9. The molecule has 0 heterocycles. The maximum absolute atomic E-state index is 11.9. The van der Waals surface area contributed by atoms with Gasteiger partial charge in [-0.1, -0.05) is 78.9 Å². The minimum atomic E-state index is -0.828. The van der Waals surface area contributed by atoms with Crippen molar-refractivity contribution in [3.8, 4) is 0 Å². The minimum absolute atomic E-state index is 0.0860. The largest absolute Gasteiger partial charge is 0.513 e. The highest BCUT2D eigenvalue weighted by Crippen LogP contribution is 2.22. The number of carbonyl (C=O) groups is 1. The lowest BCUT2D eigenvalue weighted by Crippen LogP contribution is -2.47. The van der Waals surface area contributed by atoms with Crippen LogP contribution in [-0.4, -0.2) is 29.3 Å². The highest BCUT2D eigenvalue weighted by Gasteiger charge is 2.31. The van der Waals surface area contributed by atoms with Gasteiger partial charge in [-0.15, -0.1) is 0 Å². The summed E-state index contributed by atoms with van der Waals surface area (Å²) < 4.78 is -0.0860. The van der Waals surface area contributed by atoms with Crippen LogP contribution in [0.4, 0.5) is 4.79 Å². The summed E-state index contributed by atoms with van der Waals surface area (Å²) in [6, 6.07) is 24.1. The number of rotatable bonds is 5. The average Bonchev–Trinajstić information content (AvgIpc) is 2.63. The van der Waals surface area contributed by atoms with Gasteiger partial charge in [0.15, 0.2) is 0 Å². The van der Waals surface area contributed by atoms with Gasteiger partial charge in [-0.05, 0) is 22.4 Å². The Kier molecular flexibility index (Phi) is 4.96. The van der Waals surface area contributed by atoms with Crippen LogP contribution in [0, 0.1) is 0 Å². The highest BCUT2D eigenvalue weighted by atomic mass is 16.4. The molecule has 3 rings (SSSR count). The Hall–Kier alpha value is -2.91. The molecule has 3 aromatic rings. The van der Waals surface area contributed by atoms with Gasteiger partial charge in [-0.3, -0.25) is 0 Å². The SMILES string of the molecule is C[N+](CC=Cc1ccccc1)(Cc1cccc2ccccc12)C(=O)O. The maximum Gasteiger partial charge on any atom is 0.513 e. The third-order valence-electron chi connectivity index (χ3n) is 4.48. The molecule has 0 aliphatic rings. The number of benzene rings is 3. The van der Waals surface area contributed by atoms with Crippen molar-refractivity contribution in [1.29, 1.82) is 0 Å². The monoisotopic (exact) mass is 332 g/mol. The molecule has 1 unspecified atom stereocenters. The molecule has 0 fully saturated rings. The molecule has 0 aliphatic heterocycles. The first-order chi connectivity index (χ1) is 12.1. The number of nitrogens with zero attached hydrogens (tertiary/aromatic N) is 1. The number of quaternary nitrogens is 1. The van der Waals surface area contributed by atoms with Crippen molar-refractivity contribution < 1.29 is 14.4 Å². The van der Waals surface area contributed by atoms with Gasteiger partial charge in [0.25, 0.3) is 0 Å². The molecule has 3 heteroatoms. The number of hydrogen-bond donors (Lipinski definition) is 1. The zero-order valence-corrected chi connectivity index (χ0v) is 14.3. The summed E-state index contributed by atoms with van der Waals surface area (Å²) in [5.41, 5.74) is 2.13. The second-order valence-corrected chi connectivity index (χ2v) is 6.47. The lowest BCUT2D eigenvalue weighted by atomic mass is 10.0. The van der Waals surface area contributed by atoms with Crippen LogP contribution in [0.5, 0.6) is 0 Å². The lowest BCUT2D eigenvalue weighted by molar-refractivity contribution is -0.844. The molecule has 0 radical (unpaired) electrons. The first-order valence-corrected chi connectivity index (χ1v) is 8.35. The van der Waals surface area contributed by atoms with E-state index in [-0.39, 0.29) is 4.48 Å². The summed E-state index contributed by atoms with van der Waals surface area (Å²) >= 11 is 0. The van der Waals surface area contributed by atoms with Crippen LogP contribution >= 0.6 is 0 Å². The van der Waals surface area contributed by atoms with E-state index < -0.39 is 6.09 Å². The van der Waals surface area contributed by atoms with Crippen molar-refractivity contribution in [2.24, 2.45) is 0 Å². The summed E-state index contributed by atoms with van der Waals surface area (Å²) in [6.07, 6.45) is 3.09. The van der Waals surface area contributed by atoms with Gasteiger partial charge in [0.2, 0.25) is 0 Å². The van der Waals surface area contributed by atoms with Crippen LogP contribution in [-0.2, 0) is 6.54 Å². The Labute approximate surface area is 148 Å². The second kappa shape index (κ2) is 7.32. The summed E-state index contributed by atoms with van der Waals surface area (Å²) in [4.78, 5) is 11.9. The van der Waals surface area contributed by atoms with Gasteiger partial charge in [0, 0.05) is 5.56 Å². The van der Waals surface area contributed by atoms with E-state index >= 15 is 0 Å². The molecule has 126 valence electrons. The summed E-state index contributed by atoms with van der Waals surface area (Å²) in [7, 11) is 1.76. The van der Waals surface area contributed by atoms with Crippen LogP contribution in [0.15, 0.2) is 78.9 Å². The molecular formula is C22H22NO2+. The fourth-order valence-corrected chi connectivity index (χ4v) is 3.00. The molecule has 0 bridgehead atoms. The van der Waals surface area contributed by atoms with E-state index in [0.29, 0.717) is 13.1 Å². The van der Waals surface area contributed by atoms with E-state index in [1.807, 2.05) is 66.7 Å². The van der Waals surface area contributed by atoms with Gasteiger partial charge in [-0.25, -0.2) is 4.48 Å². The number of amides is 1. The first-order valence-electron chi connectivity index (χ1n) is 8.35. The molecule has 0 spiro atoms. The van der Waals surface area contributed by atoms with Gasteiger partial charge in [-0.2, -0.15) is 4.79 Å². The zero-order chi connectivity index (χ0) is 17.7. The van der Waals surface area contributed by atoms with Crippen molar-refractivity contribution >= 4 is 22.9 Å². The van der Waals surface area contributed by atoms with Gasteiger partial charge < -0.3 is 5.11 Å². The predicted molar refractivity (Wildman–Crippen MR) is 102 cm³/mol. The minimum Gasteiger partial charge on any atom is -0.435 e. The fraction of sp³-hybridized carbons (Fsp3) is 0.136. The molecule has 3 aromatic carbocycles. The number of likely N-dealkylation sites (N-methyl/N-ethyl adjacent to an activating group) is 1. The molecule has 25 heavy (non-hydrogen) atoms. The van der Waals surface area contributed by atoms with Crippen molar-refractivity contribution in [3.05, 3.63) is 90.0 Å². The van der Waals surface area contributed by atoms with Crippen molar-refractivity contribution in [2.45, 2.75) is 6.54 Å². The third kappa shape index (κ3) is 3.95. The van der Waals surface area contributed by atoms with Crippen molar-refractivity contribution in [2.75, 3.05) is 13.6 Å². The summed E-state index contributed by atoms with van der Waals surface area (Å²) in [5.74, 6) is 0. The molecule has 1 amide bonds. The molecule has 3 nitrogen and oxygen atoms in total. The topological polar surface area (TPSA) is 37.3 Å². The molecular weight excluding hydrogens is 310 g/mol. The average molecular weight is 332 g/mol. The lowest BCUT2D eigenvalue weighted by Gasteiger charge is -2.27. The van der Waals surface area contributed by atoms with E-state index in [1.165, 1.54) is 0 Å². The van der Waals surface area contributed by atoms with Crippen LogP contribution in [0.1, 0.15) is 11.1 Å². The Balaban J connectivity index is 1.85. The smallest absolute Gasteiger partial charge is 0.435 e. The Morgan fingerprint density at radius 1 is 0.960 bits per heavy atom. The predicted octanol–water partition coefficient (Wildman–Crippen LogP) is 5.18. The van der Waals surface area contributed by atoms with Crippen molar-refractivity contribution in [1.82, 2.24) is 0 Å². The Morgan fingerprint density at radius 3 is 2.40 bits per heavy atom. The van der Waals surface area contributed by atoms with Gasteiger partial charge >= 0.3 is 6.09 Å². The quantitative estimate of drug-likeness (QED) is 0.654. The van der Waals surface area contributed by atoms with Crippen LogP contribution in [0.2, 0.25) is 0 Å². The number of fused-ring (bicyclic) bond motifs is 1. The van der Waals surface area contributed by atoms with E-state index in [9.17, 15) is 9.90 Å². The second-order valence-electron chi connectivity index (χ2n) is 6.47. The van der Waals surface area contributed by atoms with E-state index in [1.54, 1.807) is 7.05 Å². The standard InChI is InChI=1S/C22H21NO2/c1-23(22(24)25,16-8-11-18-9-3-2-4-10-18)17-20-14-7-13-19-12-5-6-15-21(19)20/h2-15H,16-17H2,1H3/p+1. The number of carboxylic acid groups (broad SMARTS) is 1. The van der Waals surface area contributed by atoms with E-state index in [0.717, 1.165) is 21.9 Å². The fourth-order valence-electron chi connectivity index (χ4n) is 3.00. The molecule has 0 saturated heterocycles. The molecule has 1 atom stereocenters. The van der Waals surface area contributed by atoms with Crippen LogP contribution in [0.25, 0.3) is 16.8 Å². The molecule has 0 aliphatic carbocycles. The van der Waals surface area contributed by atoms with Crippen molar-refractivity contribution in [3.63, 3.8) is 0 Å². The summed E-state index contributed by atoms with van der Waals surface area (Å²) in [6.45, 7) is 0.864. The normalized spacial score (nSPS) is 13.8. The number of hydrogen-bond acceptors (Lipinski definition) is 1. The summed E-state index contributed by atoms with van der Waals surface area (Å²) in [5, 5.41) is 12.1. The molecule has 0 saturated carbocycles. The van der Waals surface area contributed by atoms with E-state index in [4.69, 9.17) is 0 Å². The molecule has 1 N–H and O–H groups in total. The Morgan fingerprint density at radius 2 is 1.64 bits per heavy atom. The third-order valence-corrected chi connectivity index (χ3v) is 4.48. The van der Waals surface area contributed by atoms with E-state index in [2.05, 4.69) is 18.2 Å². The van der Waals surface area contributed by atoms with Crippen LogP contribution < -0.4 is 0 Å². The van der Waals surface area contributed by atoms with Gasteiger partial charge in [0.1, 0.15) is 13.1 Å². The highest BCUT2D eigenvalue weighted by molar-refractivity contribution is 5.85. The van der Waals surface area contributed by atoms with Gasteiger partial charge in [0.05, 0.1) is 7.05 Å². The first kappa shape index (κ1) is 16.9. The molecule has 0 aromatic heterocycles.